The first-order valence-electron chi connectivity index (χ1n) is 6.94. The predicted octanol–water partition coefficient (Wildman–Crippen LogP) is 3.81. The molecule has 1 saturated heterocycles. The molecule has 0 saturated carbocycles. The van der Waals surface area contributed by atoms with Crippen LogP contribution in [0.1, 0.15) is 24.4 Å². The molecule has 0 unspecified atom stereocenters. The molecule has 0 radical (unpaired) electrons. The first-order valence-corrected chi connectivity index (χ1v) is 6.94. The van der Waals surface area contributed by atoms with Crippen LogP contribution in [0, 0.1) is 17.5 Å². The minimum absolute atomic E-state index is 0. The number of benzene rings is 1. The highest BCUT2D eigenvalue weighted by Gasteiger charge is 2.32. The Labute approximate surface area is 136 Å². The molecule has 2 rings (SSSR count). The molecule has 2 nitrogen and oxygen atoms in total. The number of nitrogens with zero attached hydrogens (tertiary/aromatic N) is 1. The lowest BCUT2D eigenvalue weighted by Crippen LogP contribution is -2.45. The number of rotatable bonds is 4. The van der Waals surface area contributed by atoms with Gasteiger partial charge in [-0.25, -0.2) is 13.2 Å². The van der Waals surface area contributed by atoms with E-state index in [0.29, 0.717) is 38.3 Å². The second kappa shape index (κ2) is 8.21. The fraction of sp³-hybridized carbons (Fsp3) is 0.571. The Balaban J connectivity index is 0.00000264. The molecule has 1 N–H and O–H groups in total. The average molecular weight is 363 g/mol. The van der Waals surface area contributed by atoms with E-state index in [1.165, 1.54) is 0 Å². The monoisotopic (exact) mass is 362 g/mol. The van der Waals surface area contributed by atoms with E-state index >= 15 is 0 Å². The third-order valence-corrected chi connectivity index (χ3v) is 3.69. The summed E-state index contributed by atoms with van der Waals surface area (Å²) >= 11 is 0. The van der Waals surface area contributed by atoms with Crippen molar-refractivity contribution < 1.29 is 26.3 Å². The summed E-state index contributed by atoms with van der Waals surface area (Å²) in [5, 5.41) is 3.04. The van der Waals surface area contributed by atoms with Crippen LogP contribution < -0.4 is 5.32 Å². The lowest BCUT2D eigenvalue weighted by atomic mass is 9.98. The van der Waals surface area contributed by atoms with Crippen molar-refractivity contribution in [2.24, 2.45) is 0 Å². The Bertz CT molecular complexity index is 517. The molecule has 0 bridgehead atoms. The van der Waals surface area contributed by atoms with Crippen LogP contribution in [0.15, 0.2) is 12.1 Å². The maximum absolute atomic E-state index is 13.9. The molecule has 9 heteroatoms. The molecule has 1 atom stereocenters. The van der Waals surface area contributed by atoms with Gasteiger partial charge < -0.3 is 5.32 Å². The van der Waals surface area contributed by atoms with Gasteiger partial charge in [-0.05, 0) is 12.5 Å². The SMILES string of the molecule is Cl.Fc1cc(F)c([C@@H](CCC(F)(F)F)N2CCNCC2)cc1F. The standard InChI is InChI=1S/C14H16F6N2.ClH/c15-10-8-12(17)11(16)7-9(10)13(1-2-14(18,19)20)22-5-3-21-4-6-22;/h7-8,13,21H,1-6H2;1H/t13-;/m1./s1. The third kappa shape index (κ3) is 5.54. The van der Waals surface area contributed by atoms with Crippen LogP contribution in [0.5, 0.6) is 0 Å². The minimum atomic E-state index is -4.39. The van der Waals surface area contributed by atoms with Crippen molar-refractivity contribution in [3.8, 4) is 0 Å². The Morgan fingerprint density at radius 2 is 1.57 bits per heavy atom. The summed E-state index contributed by atoms with van der Waals surface area (Å²) in [6.07, 6.45) is -5.90. The highest BCUT2D eigenvalue weighted by molar-refractivity contribution is 5.85. The Hall–Kier alpha value is -0.990. The summed E-state index contributed by atoms with van der Waals surface area (Å²) < 4.78 is 77.8. The molecule has 1 aliphatic rings. The lowest BCUT2D eigenvalue weighted by Gasteiger charge is -2.35. The van der Waals surface area contributed by atoms with Gasteiger partial charge in [-0.2, -0.15) is 13.2 Å². The summed E-state index contributed by atoms with van der Waals surface area (Å²) in [6, 6.07) is 0.111. The second-order valence-corrected chi connectivity index (χ2v) is 5.24. The van der Waals surface area contributed by atoms with Gasteiger partial charge in [0.2, 0.25) is 0 Å². The highest BCUT2D eigenvalue weighted by atomic mass is 35.5. The van der Waals surface area contributed by atoms with Crippen molar-refractivity contribution in [1.82, 2.24) is 10.2 Å². The van der Waals surface area contributed by atoms with Gasteiger partial charge in [-0.3, -0.25) is 4.90 Å². The summed E-state index contributed by atoms with van der Waals surface area (Å²) in [7, 11) is 0. The fourth-order valence-corrected chi connectivity index (χ4v) is 2.62. The van der Waals surface area contributed by atoms with E-state index in [1.54, 1.807) is 4.90 Å². The molecule has 0 aliphatic carbocycles. The highest BCUT2D eigenvalue weighted by Crippen LogP contribution is 2.33. The van der Waals surface area contributed by atoms with Gasteiger partial charge in [0.25, 0.3) is 0 Å². The van der Waals surface area contributed by atoms with Crippen LogP contribution in [0.4, 0.5) is 26.3 Å². The van der Waals surface area contributed by atoms with Crippen molar-refractivity contribution in [2.45, 2.75) is 25.1 Å². The number of hydrogen-bond acceptors (Lipinski definition) is 2. The molecule has 23 heavy (non-hydrogen) atoms. The quantitative estimate of drug-likeness (QED) is 0.647. The second-order valence-electron chi connectivity index (χ2n) is 5.24. The van der Waals surface area contributed by atoms with Crippen molar-refractivity contribution in [1.29, 1.82) is 0 Å². The third-order valence-electron chi connectivity index (χ3n) is 3.69. The van der Waals surface area contributed by atoms with E-state index < -0.39 is 42.5 Å². The largest absolute Gasteiger partial charge is 0.389 e. The van der Waals surface area contributed by atoms with Gasteiger partial charge in [0.1, 0.15) is 5.82 Å². The molecule has 0 spiro atoms. The van der Waals surface area contributed by atoms with Gasteiger partial charge in [0.05, 0.1) is 0 Å². The Kier molecular flexibility index (Phi) is 7.16. The molecule has 1 fully saturated rings. The topological polar surface area (TPSA) is 15.3 Å². The van der Waals surface area contributed by atoms with Crippen LogP contribution in [0.3, 0.4) is 0 Å². The number of piperazine rings is 1. The molecule has 0 amide bonds. The van der Waals surface area contributed by atoms with Crippen LogP contribution in [0.25, 0.3) is 0 Å². The first kappa shape index (κ1) is 20.1. The zero-order chi connectivity index (χ0) is 16.3. The Morgan fingerprint density at radius 3 is 2.13 bits per heavy atom. The van der Waals surface area contributed by atoms with Crippen molar-refractivity contribution in [3.05, 3.63) is 35.1 Å². The van der Waals surface area contributed by atoms with Crippen molar-refractivity contribution in [2.75, 3.05) is 26.2 Å². The molecule has 0 aromatic heterocycles. The van der Waals surface area contributed by atoms with E-state index in [4.69, 9.17) is 0 Å². The van der Waals surface area contributed by atoms with Crippen LogP contribution in [0.2, 0.25) is 0 Å². The maximum Gasteiger partial charge on any atom is 0.389 e. The molecule has 1 aromatic rings. The predicted molar refractivity (Wildman–Crippen MR) is 76.0 cm³/mol. The van der Waals surface area contributed by atoms with Gasteiger partial charge in [0, 0.05) is 50.3 Å². The molecular formula is C14H17ClF6N2. The Morgan fingerprint density at radius 1 is 1.00 bits per heavy atom. The van der Waals surface area contributed by atoms with E-state index in [-0.39, 0.29) is 18.0 Å². The summed E-state index contributed by atoms with van der Waals surface area (Å²) in [5.74, 6) is -3.63. The zero-order valence-electron chi connectivity index (χ0n) is 12.1. The van der Waals surface area contributed by atoms with Gasteiger partial charge in [0.15, 0.2) is 11.6 Å². The smallest absolute Gasteiger partial charge is 0.314 e. The summed E-state index contributed by atoms with van der Waals surface area (Å²) in [5.41, 5.74) is -0.231. The van der Waals surface area contributed by atoms with E-state index in [2.05, 4.69) is 5.32 Å². The zero-order valence-corrected chi connectivity index (χ0v) is 12.9. The fourth-order valence-electron chi connectivity index (χ4n) is 2.62. The molecule has 1 heterocycles. The molecule has 1 aliphatic heterocycles. The molecule has 1 aromatic carbocycles. The van der Waals surface area contributed by atoms with Crippen LogP contribution in [-0.2, 0) is 0 Å². The van der Waals surface area contributed by atoms with Crippen LogP contribution in [-0.4, -0.2) is 37.3 Å². The molecule has 132 valence electrons. The van der Waals surface area contributed by atoms with E-state index in [9.17, 15) is 26.3 Å². The van der Waals surface area contributed by atoms with Crippen molar-refractivity contribution in [3.63, 3.8) is 0 Å². The summed E-state index contributed by atoms with van der Waals surface area (Å²) in [4.78, 5) is 1.66. The van der Waals surface area contributed by atoms with Gasteiger partial charge in [-0.15, -0.1) is 12.4 Å². The summed E-state index contributed by atoms with van der Waals surface area (Å²) in [6.45, 7) is 1.93. The maximum atomic E-state index is 13.9. The normalized spacial score (nSPS) is 17.7. The number of alkyl halides is 3. The number of hydrogen-bond donors (Lipinski definition) is 1. The van der Waals surface area contributed by atoms with Crippen molar-refractivity contribution >= 4 is 12.4 Å². The van der Waals surface area contributed by atoms with E-state index in [1.807, 2.05) is 0 Å². The van der Waals surface area contributed by atoms with Crippen LogP contribution >= 0.6 is 12.4 Å². The van der Waals surface area contributed by atoms with Gasteiger partial charge >= 0.3 is 6.18 Å². The minimum Gasteiger partial charge on any atom is -0.314 e. The number of halogens is 7. The first-order chi connectivity index (χ1) is 10.3. The molecular weight excluding hydrogens is 346 g/mol. The van der Waals surface area contributed by atoms with Gasteiger partial charge in [-0.1, -0.05) is 0 Å². The number of nitrogens with one attached hydrogen (secondary N) is 1. The van der Waals surface area contributed by atoms with E-state index in [0.717, 1.165) is 0 Å². The lowest BCUT2D eigenvalue weighted by molar-refractivity contribution is -0.138. The average Bonchev–Trinajstić information content (AvgIpc) is 2.44.